The van der Waals surface area contributed by atoms with E-state index >= 15 is 0 Å². The maximum atomic E-state index is 11.8. The molecule has 0 unspecified atom stereocenters. The first-order valence-corrected chi connectivity index (χ1v) is 11.5. The number of carboxylic acids is 1. The standard InChI is InChI=1S/C27H32N4O3/c1-18(2)34-22-9-6-20(7-10-22)30(4)21-8-11-23-19(16-21)13-15-29(3)26(23)31(5)25-17-28-14-12-24(25)27(32)33/h6-12,14,16-18,26H,13,15H2,1-5H3,(H,32,33)/t26-/m0/s1. The second kappa shape index (κ2) is 9.73. The topological polar surface area (TPSA) is 69.1 Å². The molecule has 1 aliphatic heterocycles. The van der Waals surface area contributed by atoms with Crippen molar-refractivity contribution in [3.63, 3.8) is 0 Å². The van der Waals surface area contributed by atoms with Crippen LogP contribution < -0.4 is 14.5 Å². The van der Waals surface area contributed by atoms with Crippen molar-refractivity contribution in [3.05, 3.63) is 77.6 Å². The quantitative estimate of drug-likeness (QED) is 0.535. The maximum absolute atomic E-state index is 11.8. The van der Waals surface area contributed by atoms with E-state index in [-0.39, 0.29) is 17.8 Å². The van der Waals surface area contributed by atoms with Crippen molar-refractivity contribution in [2.45, 2.75) is 32.5 Å². The number of nitrogens with zero attached hydrogens (tertiary/aromatic N) is 4. The molecule has 34 heavy (non-hydrogen) atoms. The number of ether oxygens (including phenoxy) is 1. The number of benzene rings is 2. The number of carbonyl (C=O) groups is 1. The molecule has 0 amide bonds. The Hall–Kier alpha value is -3.58. The molecule has 0 radical (unpaired) electrons. The minimum atomic E-state index is -0.954. The predicted octanol–water partition coefficient (Wildman–Crippen LogP) is 4.96. The summed E-state index contributed by atoms with van der Waals surface area (Å²) in [5.74, 6) is -0.0904. The SMILES string of the molecule is CC(C)Oc1ccc(N(C)c2ccc3c(c2)CCN(C)[C@H]3N(C)c2cnccc2C(=O)O)cc1. The summed E-state index contributed by atoms with van der Waals surface area (Å²) in [5.41, 5.74) is 5.48. The van der Waals surface area contributed by atoms with Gasteiger partial charge in [0.05, 0.1) is 23.6 Å². The van der Waals surface area contributed by atoms with E-state index in [1.54, 1.807) is 12.3 Å². The van der Waals surface area contributed by atoms with Crippen LogP contribution in [-0.4, -0.2) is 54.8 Å². The Morgan fingerprint density at radius 2 is 1.82 bits per heavy atom. The van der Waals surface area contributed by atoms with E-state index in [1.807, 2.05) is 37.9 Å². The lowest BCUT2D eigenvalue weighted by atomic mass is 9.95. The van der Waals surface area contributed by atoms with Crippen LogP contribution in [0.1, 0.15) is 41.5 Å². The molecular weight excluding hydrogens is 428 g/mol. The highest BCUT2D eigenvalue weighted by Crippen LogP contribution is 2.37. The van der Waals surface area contributed by atoms with Gasteiger partial charge in [-0.25, -0.2) is 4.79 Å². The Morgan fingerprint density at radius 1 is 1.12 bits per heavy atom. The maximum Gasteiger partial charge on any atom is 0.337 e. The minimum Gasteiger partial charge on any atom is -0.491 e. The highest BCUT2D eigenvalue weighted by Gasteiger charge is 2.30. The molecule has 0 spiro atoms. The molecule has 7 heteroatoms. The molecule has 0 saturated carbocycles. The molecule has 3 aromatic rings. The third kappa shape index (κ3) is 4.70. The Labute approximate surface area is 201 Å². The van der Waals surface area contributed by atoms with E-state index in [9.17, 15) is 9.90 Å². The predicted molar refractivity (Wildman–Crippen MR) is 135 cm³/mol. The van der Waals surface area contributed by atoms with Gasteiger partial charge < -0.3 is 19.6 Å². The number of pyridine rings is 1. The van der Waals surface area contributed by atoms with Gasteiger partial charge in [0.15, 0.2) is 0 Å². The molecule has 7 nitrogen and oxygen atoms in total. The molecule has 0 fully saturated rings. The number of rotatable bonds is 7. The summed E-state index contributed by atoms with van der Waals surface area (Å²) < 4.78 is 5.76. The minimum absolute atomic E-state index is 0.0853. The zero-order valence-electron chi connectivity index (χ0n) is 20.4. The second-order valence-corrected chi connectivity index (χ2v) is 9.02. The third-order valence-corrected chi connectivity index (χ3v) is 6.32. The van der Waals surface area contributed by atoms with Gasteiger partial charge in [-0.1, -0.05) is 6.07 Å². The van der Waals surface area contributed by atoms with Gasteiger partial charge in [-0.3, -0.25) is 9.88 Å². The van der Waals surface area contributed by atoms with E-state index in [0.717, 1.165) is 30.1 Å². The Kier molecular flexibility index (Phi) is 6.75. The average molecular weight is 461 g/mol. The van der Waals surface area contributed by atoms with E-state index in [4.69, 9.17) is 4.74 Å². The molecular formula is C27H32N4O3. The Bertz CT molecular complexity index is 1160. The lowest BCUT2D eigenvalue weighted by Gasteiger charge is -2.41. The van der Waals surface area contributed by atoms with Crippen LogP contribution in [0.5, 0.6) is 5.75 Å². The fraction of sp³-hybridized carbons (Fsp3) is 0.333. The monoisotopic (exact) mass is 460 g/mol. The van der Waals surface area contributed by atoms with Gasteiger partial charge in [0, 0.05) is 38.2 Å². The van der Waals surface area contributed by atoms with Crippen LogP contribution in [0.3, 0.4) is 0 Å². The van der Waals surface area contributed by atoms with Gasteiger partial charge in [0.2, 0.25) is 0 Å². The number of likely N-dealkylation sites (N-methyl/N-ethyl adjacent to an activating group) is 1. The van der Waals surface area contributed by atoms with Crippen LogP contribution in [-0.2, 0) is 6.42 Å². The van der Waals surface area contributed by atoms with E-state index in [2.05, 4.69) is 59.2 Å². The molecule has 2 aromatic carbocycles. The van der Waals surface area contributed by atoms with Gasteiger partial charge in [-0.05, 0) is 80.9 Å². The summed E-state index contributed by atoms with van der Waals surface area (Å²) in [5, 5.41) is 9.66. The van der Waals surface area contributed by atoms with Crippen LogP contribution in [0.15, 0.2) is 60.9 Å². The van der Waals surface area contributed by atoms with Crippen molar-refractivity contribution >= 4 is 23.0 Å². The Morgan fingerprint density at radius 3 is 2.50 bits per heavy atom. The van der Waals surface area contributed by atoms with Crippen molar-refractivity contribution in [2.75, 3.05) is 37.5 Å². The van der Waals surface area contributed by atoms with E-state index in [1.165, 1.54) is 17.3 Å². The van der Waals surface area contributed by atoms with Crippen molar-refractivity contribution in [2.24, 2.45) is 0 Å². The smallest absolute Gasteiger partial charge is 0.337 e. The molecule has 1 atom stereocenters. The number of hydrogen-bond acceptors (Lipinski definition) is 6. The first-order valence-electron chi connectivity index (χ1n) is 11.5. The van der Waals surface area contributed by atoms with Crippen LogP contribution in [0.2, 0.25) is 0 Å². The number of aromatic nitrogens is 1. The van der Waals surface area contributed by atoms with Crippen molar-refractivity contribution in [1.82, 2.24) is 9.88 Å². The van der Waals surface area contributed by atoms with Gasteiger partial charge in [-0.15, -0.1) is 0 Å². The molecule has 4 rings (SSSR count). The molecule has 0 saturated heterocycles. The third-order valence-electron chi connectivity index (χ3n) is 6.32. The number of anilines is 3. The van der Waals surface area contributed by atoms with Gasteiger partial charge in [0.1, 0.15) is 11.9 Å². The van der Waals surface area contributed by atoms with Gasteiger partial charge in [0.25, 0.3) is 0 Å². The lowest BCUT2D eigenvalue weighted by molar-refractivity contribution is 0.0697. The molecule has 0 bridgehead atoms. The fourth-order valence-corrected chi connectivity index (χ4v) is 4.58. The van der Waals surface area contributed by atoms with Crippen LogP contribution >= 0.6 is 0 Å². The van der Waals surface area contributed by atoms with Gasteiger partial charge in [-0.2, -0.15) is 0 Å². The van der Waals surface area contributed by atoms with Gasteiger partial charge >= 0.3 is 5.97 Å². The summed E-state index contributed by atoms with van der Waals surface area (Å²) in [7, 11) is 6.07. The van der Waals surface area contributed by atoms with Crippen molar-refractivity contribution in [3.8, 4) is 5.75 Å². The first-order chi connectivity index (χ1) is 16.3. The Balaban J connectivity index is 1.63. The molecule has 0 aliphatic carbocycles. The largest absolute Gasteiger partial charge is 0.491 e. The number of carboxylic acid groups (broad SMARTS) is 1. The number of aromatic carboxylic acids is 1. The second-order valence-electron chi connectivity index (χ2n) is 9.02. The lowest BCUT2D eigenvalue weighted by Crippen LogP contribution is -2.42. The van der Waals surface area contributed by atoms with Crippen LogP contribution in [0, 0.1) is 0 Å². The molecule has 1 N–H and O–H groups in total. The number of hydrogen-bond donors (Lipinski definition) is 1. The molecule has 2 heterocycles. The zero-order chi connectivity index (χ0) is 24.4. The van der Waals surface area contributed by atoms with Crippen molar-refractivity contribution in [1.29, 1.82) is 0 Å². The first kappa shape index (κ1) is 23.6. The zero-order valence-corrected chi connectivity index (χ0v) is 20.4. The van der Waals surface area contributed by atoms with E-state index in [0.29, 0.717) is 5.69 Å². The highest BCUT2D eigenvalue weighted by atomic mass is 16.5. The summed E-state index contributed by atoms with van der Waals surface area (Å²) >= 11 is 0. The summed E-state index contributed by atoms with van der Waals surface area (Å²) in [6.07, 6.45) is 4.13. The summed E-state index contributed by atoms with van der Waals surface area (Å²) in [6, 6.07) is 16.2. The fourth-order valence-electron chi connectivity index (χ4n) is 4.58. The molecule has 178 valence electrons. The van der Waals surface area contributed by atoms with Crippen LogP contribution in [0.25, 0.3) is 0 Å². The van der Waals surface area contributed by atoms with Crippen molar-refractivity contribution < 1.29 is 14.6 Å². The molecule has 1 aliphatic rings. The normalized spacial score (nSPS) is 15.6. The summed E-state index contributed by atoms with van der Waals surface area (Å²) in [4.78, 5) is 22.4. The average Bonchev–Trinajstić information content (AvgIpc) is 2.83. The summed E-state index contributed by atoms with van der Waals surface area (Å²) in [6.45, 7) is 4.91. The number of fused-ring (bicyclic) bond motifs is 1. The molecule has 1 aromatic heterocycles. The highest BCUT2D eigenvalue weighted by molar-refractivity contribution is 5.94. The van der Waals surface area contributed by atoms with E-state index < -0.39 is 5.97 Å². The van der Waals surface area contributed by atoms with Crippen LogP contribution in [0.4, 0.5) is 17.1 Å².